The van der Waals surface area contributed by atoms with E-state index in [0.717, 1.165) is 10.0 Å². The summed E-state index contributed by atoms with van der Waals surface area (Å²) >= 11 is 6.54. The lowest BCUT2D eigenvalue weighted by atomic mass is 10.2. The van der Waals surface area contributed by atoms with Crippen molar-refractivity contribution in [2.24, 2.45) is 5.92 Å². The monoisotopic (exact) mass is 394 g/mol. The average molecular weight is 396 g/mol. The molecule has 0 fully saturated rings. The summed E-state index contributed by atoms with van der Waals surface area (Å²) < 4.78 is 27.8. The van der Waals surface area contributed by atoms with Crippen molar-refractivity contribution in [2.75, 3.05) is 6.54 Å². The van der Waals surface area contributed by atoms with Crippen molar-refractivity contribution < 1.29 is 8.42 Å². The highest BCUT2D eigenvalue weighted by molar-refractivity contribution is 9.11. The van der Waals surface area contributed by atoms with Gasteiger partial charge in [0.15, 0.2) is 0 Å². The second kappa shape index (κ2) is 6.15. The van der Waals surface area contributed by atoms with Crippen LogP contribution in [0.15, 0.2) is 26.0 Å². The number of nitrogens with one attached hydrogen (secondary N) is 1. The maximum atomic E-state index is 12.1. The molecule has 18 heavy (non-hydrogen) atoms. The molecule has 0 aromatic heterocycles. The van der Waals surface area contributed by atoms with Crippen LogP contribution in [0.25, 0.3) is 0 Å². The van der Waals surface area contributed by atoms with Gasteiger partial charge in [0, 0.05) is 15.5 Å². The second-order valence-corrected chi connectivity index (χ2v) is 7.36. The third-order valence-corrected chi connectivity index (χ3v) is 5.54. The number of nitriles is 1. The molecule has 1 aromatic carbocycles. The SMILES string of the molecule is Cc1cc(Br)c(S(=O)(=O)NCC(C)C#N)cc1Br. The van der Waals surface area contributed by atoms with Gasteiger partial charge in [-0.1, -0.05) is 15.9 Å². The summed E-state index contributed by atoms with van der Waals surface area (Å²) in [6, 6.07) is 5.25. The van der Waals surface area contributed by atoms with E-state index < -0.39 is 10.0 Å². The highest BCUT2D eigenvalue weighted by Crippen LogP contribution is 2.28. The zero-order chi connectivity index (χ0) is 13.9. The zero-order valence-corrected chi connectivity index (χ0v) is 13.9. The number of aryl methyl sites for hydroxylation is 1. The Bertz CT molecular complexity index is 594. The Morgan fingerprint density at radius 3 is 2.56 bits per heavy atom. The highest BCUT2D eigenvalue weighted by Gasteiger charge is 2.19. The molecule has 1 rings (SSSR count). The van der Waals surface area contributed by atoms with E-state index in [-0.39, 0.29) is 17.4 Å². The Morgan fingerprint density at radius 2 is 2.00 bits per heavy atom. The van der Waals surface area contributed by atoms with E-state index in [2.05, 4.69) is 36.6 Å². The lowest BCUT2D eigenvalue weighted by Gasteiger charge is -2.11. The molecule has 0 aliphatic heterocycles. The summed E-state index contributed by atoms with van der Waals surface area (Å²) in [6.45, 7) is 3.62. The van der Waals surface area contributed by atoms with Crippen LogP contribution >= 0.6 is 31.9 Å². The van der Waals surface area contributed by atoms with Crippen LogP contribution in [0.1, 0.15) is 12.5 Å². The Kier molecular flexibility index (Phi) is 5.34. The van der Waals surface area contributed by atoms with Crippen molar-refractivity contribution >= 4 is 41.9 Å². The Hall–Kier alpha value is -0.420. The molecular weight excluding hydrogens is 384 g/mol. The fraction of sp³-hybridized carbons (Fsp3) is 0.364. The molecular formula is C11H12Br2N2O2S. The molecule has 1 aromatic rings. The van der Waals surface area contributed by atoms with E-state index >= 15 is 0 Å². The molecule has 98 valence electrons. The van der Waals surface area contributed by atoms with Crippen LogP contribution < -0.4 is 4.72 Å². The molecule has 0 heterocycles. The first-order valence-corrected chi connectivity index (χ1v) is 8.19. The number of halogens is 2. The fourth-order valence-corrected chi connectivity index (χ4v) is 4.00. The predicted molar refractivity (Wildman–Crippen MR) is 76.5 cm³/mol. The summed E-state index contributed by atoms with van der Waals surface area (Å²) in [5.74, 6) is -0.368. The minimum absolute atomic E-state index is 0.0940. The number of hydrogen-bond acceptors (Lipinski definition) is 3. The maximum Gasteiger partial charge on any atom is 0.241 e. The molecule has 4 nitrogen and oxygen atoms in total. The van der Waals surface area contributed by atoms with Gasteiger partial charge in [0.2, 0.25) is 10.0 Å². The van der Waals surface area contributed by atoms with Gasteiger partial charge >= 0.3 is 0 Å². The van der Waals surface area contributed by atoms with E-state index in [1.807, 2.05) is 13.0 Å². The molecule has 0 spiro atoms. The molecule has 1 atom stereocenters. The Balaban J connectivity index is 3.07. The van der Waals surface area contributed by atoms with E-state index in [4.69, 9.17) is 5.26 Å². The summed E-state index contributed by atoms with van der Waals surface area (Å²) in [5, 5.41) is 8.64. The molecule has 0 aliphatic rings. The van der Waals surface area contributed by atoms with Gasteiger partial charge in [-0.3, -0.25) is 0 Å². The van der Waals surface area contributed by atoms with E-state index in [0.29, 0.717) is 4.47 Å². The smallest absolute Gasteiger partial charge is 0.210 e. The van der Waals surface area contributed by atoms with E-state index in [1.54, 1.807) is 19.1 Å². The van der Waals surface area contributed by atoms with E-state index in [1.165, 1.54) is 0 Å². The van der Waals surface area contributed by atoms with Crippen LogP contribution in [-0.2, 0) is 10.0 Å². The van der Waals surface area contributed by atoms with Gasteiger partial charge in [-0.05, 0) is 47.5 Å². The van der Waals surface area contributed by atoms with Crippen molar-refractivity contribution in [3.8, 4) is 6.07 Å². The van der Waals surface area contributed by atoms with Crippen molar-refractivity contribution in [2.45, 2.75) is 18.7 Å². The topological polar surface area (TPSA) is 70.0 Å². The third kappa shape index (κ3) is 3.79. The molecule has 1 unspecified atom stereocenters. The first-order valence-electron chi connectivity index (χ1n) is 5.13. The summed E-state index contributed by atoms with van der Waals surface area (Å²) in [4.78, 5) is 0.158. The third-order valence-electron chi connectivity index (χ3n) is 2.30. The van der Waals surface area contributed by atoms with Gasteiger partial charge in [-0.2, -0.15) is 5.26 Å². The predicted octanol–water partition coefficient (Wildman–Crippen LogP) is 2.96. The van der Waals surface area contributed by atoms with Gasteiger partial charge in [-0.15, -0.1) is 0 Å². The highest BCUT2D eigenvalue weighted by atomic mass is 79.9. The number of benzene rings is 1. The zero-order valence-electron chi connectivity index (χ0n) is 9.87. The van der Waals surface area contributed by atoms with Crippen LogP contribution in [0.4, 0.5) is 0 Å². The van der Waals surface area contributed by atoms with Gasteiger partial charge in [0.05, 0.1) is 16.9 Å². The van der Waals surface area contributed by atoms with Crippen LogP contribution in [0, 0.1) is 24.2 Å². The first kappa shape index (κ1) is 15.6. The molecule has 1 N–H and O–H groups in total. The molecule has 0 radical (unpaired) electrons. The minimum Gasteiger partial charge on any atom is -0.210 e. The van der Waals surface area contributed by atoms with Crippen molar-refractivity contribution in [3.63, 3.8) is 0 Å². The Morgan fingerprint density at radius 1 is 1.39 bits per heavy atom. The van der Waals surface area contributed by atoms with Crippen LogP contribution in [-0.4, -0.2) is 15.0 Å². The van der Waals surface area contributed by atoms with Crippen molar-refractivity contribution in [1.82, 2.24) is 4.72 Å². The van der Waals surface area contributed by atoms with Crippen molar-refractivity contribution in [3.05, 3.63) is 26.6 Å². The van der Waals surface area contributed by atoms with E-state index in [9.17, 15) is 8.42 Å². The largest absolute Gasteiger partial charge is 0.241 e. The normalized spacial score (nSPS) is 13.1. The lowest BCUT2D eigenvalue weighted by Crippen LogP contribution is -2.28. The number of nitrogens with zero attached hydrogens (tertiary/aromatic N) is 1. The summed E-state index contributed by atoms with van der Waals surface area (Å²) in [5.41, 5.74) is 0.936. The first-order chi connectivity index (χ1) is 8.27. The number of rotatable bonds is 4. The van der Waals surface area contributed by atoms with Crippen molar-refractivity contribution in [1.29, 1.82) is 5.26 Å². The van der Waals surface area contributed by atoms with Crippen LogP contribution in [0.3, 0.4) is 0 Å². The fourth-order valence-electron chi connectivity index (χ4n) is 1.19. The maximum absolute atomic E-state index is 12.1. The minimum atomic E-state index is -3.61. The van der Waals surface area contributed by atoms with Gasteiger partial charge in [0.1, 0.15) is 0 Å². The average Bonchev–Trinajstić information content (AvgIpc) is 2.30. The molecule has 0 bridgehead atoms. The molecule has 0 saturated heterocycles. The van der Waals surface area contributed by atoms with Crippen LogP contribution in [0.2, 0.25) is 0 Å². The van der Waals surface area contributed by atoms with Gasteiger partial charge in [-0.25, -0.2) is 13.1 Å². The van der Waals surface area contributed by atoms with Gasteiger partial charge in [0.25, 0.3) is 0 Å². The molecule has 0 aliphatic carbocycles. The summed E-state index contributed by atoms with van der Waals surface area (Å²) in [6.07, 6.45) is 0. The Labute approximate surface area is 124 Å². The lowest BCUT2D eigenvalue weighted by molar-refractivity contribution is 0.572. The van der Waals surface area contributed by atoms with Gasteiger partial charge < -0.3 is 0 Å². The molecule has 0 saturated carbocycles. The standard InChI is InChI=1S/C11H12Br2N2O2S/c1-7(5-14)6-15-18(16,17)11-4-9(12)8(2)3-10(11)13/h3-4,7,15H,6H2,1-2H3. The number of hydrogen-bond donors (Lipinski definition) is 1. The number of sulfonamides is 1. The molecule has 0 amide bonds. The quantitative estimate of drug-likeness (QED) is 0.851. The van der Waals surface area contributed by atoms with Crippen LogP contribution in [0.5, 0.6) is 0 Å². The summed E-state index contributed by atoms with van der Waals surface area (Å²) in [7, 11) is -3.61. The molecule has 7 heteroatoms. The second-order valence-electron chi connectivity index (χ2n) is 3.91.